The van der Waals surface area contributed by atoms with Crippen LogP contribution in [0.5, 0.6) is 11.5 Å². The number of aromatic amines is 1. The first kappa shape index (κ1) is 100.0. The number of carbonyl (C=O) groups is 6. The minimum absolute atomic E-state index is 0. The van der Waals surface area contributed by atoms with Crippen LogP contribution in [0.25, 0.3) is 44.4 Å². The van der Waals surface area contributed by atoms with Crippen LogP contribution in [0.1, 0.15) is 141 Å². The number of hydrogen-bond donors (Lipinski definition) is 7. The Labute approximate surface area is 697 Å². The third kappa shape index (κ3) is 33.2. The van der Waals surface area contributed by atoms with Crippen LogP contribution in [-0.4, -0.2) is 228 Å². The predicted molar refractivity (Wildman–Crippen MR) is 425 cm³/mol. The average molecular weight is 1750 g/mol. The number of ether oxygens (including phenoxy) is 11. The molecule has 2 amide bonds. The Morgan fingerprint density at radius 3 is 1.74 bits per heavy atom. The van der Waals surface area contributed by atoms with Crippen LogP contribution in [0.15, 0.2) is 108 Å². The number of nitrogens with two attached hydrogens (primary N) is 1. The van der Waals surface area contributed by atoms with Gasteiger partial charge >= 0.3 is 6.09 Å². The van der Waals surface area contributed by atoms with E-state index < -0.39 is 65.8 Å². The number of carboxylic acid groups (broad SMARTS) is 2. The molecule has 2 aromatic heterocycles. The number of primary amides is 1. The number of ketones is 2. The number of carboxylic acids is 2. The predicted octanol–water partition coefficient (Wildman–Crippen LogP) is 7.17. The van der Waals surface area contributed by atoms with E-state index in [1.165, 1.54) is 31.4 Å². The summed E-state index contributed by atoms with van der Waals surface area (Å²) in [6, 6.07) is 7.87. The van der Waals surface area contributed by atoms with Crippen molar-refractivity contribution in [2.75, 3.05) is 127 Å². The van der Waals surface area contributed by atoms with Crippen molar-refractivity contribution in [1.29, 1.82) is 0 Å². The Bertz CT molecular complexity index is 4090. The number of methoxy groups -OCH3 is 4. The van der Waals surface area contributed by atoms with Gasteiger partial charge < -0.3 is 109 Å². The zero-order valence-electron chi connectivity index (χ0n) is 68.1. The number of hydrogen-bond acceptors (Lipinski definition) is 27. The fourth-order valence-electron chi connectivity index (χ4n) is 12.4. The van der Waals surface area contributed by atoms with Crippen LogP contribution in [0, 0.1) is 55.6 Å². The smallest absolute Gasteiger partial charge is 0.405 e. The topological polar surface area (TPSA) is 428 Å². The second-order valence-corrected chi connectivity index (χ2v) is 26.6. The number of H-pyrrole nitrogens is 1. The first-order valence-corrected chi connectivity index (χ1v) is 37.7. The number of fused-ring (bicyclic) bond motifs is 9. The molecule has 1 radical (unpaired) electrons. The molecule has 8 N–H and O–H groups in total. The van der Waals surface area contributed by atoms with E-state index in [0.717, 1.165) is 83.2 Å². The normalized spacial score (nSPS) is 19.1. The number of aliphatic carboxylic acids is 2. The first-order valence-electron chi connectivity index (χ1n) is 37.7. The molecule has 4 aliphatic rings. The van der Waals surface area contributed by atoms with Crippen molar-refractivity contribution < 1.29 is 143 Å². The van der Waals surface area contributed by atoms with Crippen LogP contribution in [0.4, 0.5) is 4.79 Å². The van der Waals surface area contributed by atoms with Gasteiger partial charge in [0.15, 0.2) is 17.6 Å². The molecule has 30 nitrogen and oxygen atoms in total. The standard InChI is InChI=1S/C48H67N5O10.C31H43N3O8.2C2H4O2.Lu/c1-7-35-36(8-2)40-28-42-38(12-10-14-55)34(4)46(53-42)32-50-44-30-48(63-26-24-61-22-20-59-18-16-57-6)47(62-25-23-60-21-19-58-17-15-56-5)29-43(44)49-31-45-33(3)37(11-9-13-54)41(52-45)27-39(35)51-40;1-8-12-33-26-21-13-17(2)14-25(41-7)27(36)19(4)15-20(5)29(42-31(32)39)24(40-6)11-9-10-18(3)30(38)34-22(28(21)37)16-23(26)35;2*1-2(3)4;/h27-32,52,54-55H,7-26H2,1-6H3;8-11,15-17,19,24-25,27,29,33,36H,1,12-14H2,2-7H3,(H2,32,39)(H,34,38);2*1H3,(H,3,4);/p-2/b;11-9-,18-10+,20-15+;;;/t;17-,19+,24+,25+,27-,29+;;;/m.1.../s1. The number of nitrogens with zero attached hydrogens (tertiary/aromatic N) is 4. The maximum Gasteiger partial charge on any atom is 0.405 e. The number of rotatable bonds is 34. The number of allylic oxidation sites excluding steroid dienone is 8. The number of aliphatic hydroxyl groups excluding tert-OH is 3. The summed E-state index contributed by atoms with van der Waals surface area (Å²) in [5.74, 6) is -3.37. The van der Waals surface area contributed by atoms with E-state index in [4.69, 9.17) is 97.6 Å². The zero-order valence-corrected chi connectivity index (χ0v) is 69.7. The summed E-state index contributed by atoms with van der Waals surface area (Å²) in [6.45, 7) is 26.4. The van der Waals surface area contributed by atoms with Crippen molar-refractivity contribution in [3.05, 3.63) is 142 Å². The van der Waals surface area contributed by atoms with Crippen LogP contribution in [-0.2, 0) is 73.0 Å². The molecule has 0 saturated carbocycles. The summed E-state index contributed by atoms with van der Waals surface area (Å²) in [5, 5.41) is 54.2. The Morgan fingerprint density at radius 1 is 0.702 bits per heavy atom. The van der Waals surface area contributed by atoms with Gasteiger partial charge in [-0.1, -0.05) is 58.1 Å². The number of benzene rings is 1. The quantitative estimate of drug-likeness (QED) is 0.0177. The minimum Gasteiger partial charge on any atom is -0.550 e. The van der Waals surface area contributed by atoms with E-state index in [-0.39, 0.29) is 105 Å². The molecule has 0 unspecified atom stereocenters. The number of amides is 2. The molecule has 1 aromatic carbocycles. The summed E-state index contributed by atoms with van der Waals surface area (Å²) in [6.07, 6.45) is 13.1. The van der Waals surface area contributed by atoms with E-state index in [1.807, 2.05) is 32.2 Å². The van der Waals surface area contributed by atoms with Crippen LogP contribution in [0.3, 0.4) is 0 Å². The SMILES string of the molecule is C=CCNC1=C2C[C@@H](C)C[C@H](OC)[C@H](O)[C@@H](C)/C=C(\C)[C@H](OC(N)=O)[C@@H](OC)/C=C\C=C(/C)C(=O)NC(=CC1=O)C2=O.CC(=O)[O-].CC(=O)[O-].CCC1=C(CC)c2cc3[nH]c(cnc4cc(OCCOCCOCCOC)c(OCCOCCOCCOC)cc4ncc4nc(cc1n2)C(CCCO)=C4C)c(C)c3CCCO.[Lu]. The Hall–Kier alpha value is -8.21. The van der Waals surface area contributed by atoms with Gasteiger partial charge in [0.2, 0.25) is 11.6 Å². The zero-order chi connectivity index (χ0) is 83.5. The minimum atomic E-state index is -1.08. The van der Waals surface area contributed by atoms with Crippen LogP contribution >= 0.6 is 0 Å². The number of aryl methyl sites for hydroxylation is 2. The van der Waals surface area contributed by atoms with E-state index in [9.17, 15) is 34.5 Å². The maximum absolute atomic E-state index is 13.5. The van der Waals surface area contributed by atoms with Crippen molar-refractivity contribution >= 4 is 79.9 Å². The number of Topliss-reactive ketones (excluding diaryl/α,β-unsaturated/α-hetero) is 1. The average Bonchev–Trinajstić information content (AvgIpc) is 1.58. The van der Waals surface area contributed by atoms with Gasteiger partial charge in [0, 0.05) is 138 Å². The monoisotopic (exact) mass is 1750 g/mol. The summed E-state index contributed by atoms with van der Waals surface area (Å²) < 4.78 is 61.8. The van der Waals surface area contributed by atoms with Gasteiger partial charge in [-0.3, -0.25) is 24.4 Å². The van der Waals surface area contributed by atoms with E-state index in [1.54, 1.807) is 65.5 Å². The number of carbonyl (C=O) groups excluding carboxylic acids is 6. The summed E-state index contributed by atoms with van der Waals surface area (Å²) in [5.41, 5.74) is 19.2. The molecule has 8 bridgehead atoms. The van der Waals surface area contributed by atoms with Crippen LogP contribution < -0.4 is 36.1 Å². The molecule has 6 atom stereocenters. The molecule has 637 valence electrons. The summed E-state index contributed by atoms with van der Waals surface area (Å²) in [4.78, 5) is 93.1. The van der Waals surface area contributed by atoms with E-state index >= 15 is 0 Å². The summed E-state index contributed by atoms with van der Waals surface area (Å²) in [7, 11) is 6.19. The third-order valence-electron chi connectivity index (χ3n) is 18.0. The molecule has 3 aliphatic heterocycles. The van der Waals surface area contributed by atoms with Crippen LogP contribution in [0.2, 0.25) is 0 Å². The Morgan fingerprint density at radius 2 is 1.22 bits per heavy atom. The van der Waals surface area contributed by atoms with E-state index in [2.05, 4.69) is 55.1 Å². The van der Waals surface area contributed by atoms with Crippen molar-refractivity contribution in [2.45, 2.75) is 145 Å². The number of nitrogens with one attached hydrogen (secondary N) is 3. The molecule has 0 spiro atoms. The van der Waals surface area contributed by atoms with Gasteiger partial charge in [-0.05, 0) is 150 Å². The summed E-state index contributed by atoms with van der Waals surface area (Å²) >= 11 is 0. The molecule has 7 rings (SSSR count). The number of aliphatic hydroxyl groups is 3. The van der Waals surface area contributed by atoms with Gasteiger partial charge in [0.05, 0.1) is 141 Å². The Kier molecular flexibility index (Phi) is 47.9. The van der Waals surface area contributed by atoms with Gasteiger partial charge in [-0.15, -0.1) is 6.58 Å². The molecule has 31 heteroatoms. The number of aromatic nitrogens is 5. The molecule has 1 aliphatic carbocycles. The molecule has 114 heavy (non-hydrogen) atoms. The molecule has 3 aromatic rings. The maximum atomic E-state index is 13.5. The molecule has 0 saturated heterocycles. The molecule has 0 fully saturated rings. The van der Waals surface area contributed by atoms with Gasteiger partial charge in [0.25, 0.3) is 5.91 Å². The largest absolute Gasteiger partial charge is 0.550 e. The van der Waals surface area contributed by atoms with Crippen molar-refractivity contribution in [2.24, 2.45) is 17.6 Å². The van der Waals surface area contributed by atoms with Gasteiger partial charge in [0.1, 0.15) is 19.3 Å². The first-order chi connectivity index (χ1) is 54.2. The fraction of sp³-hybridized carbons (Fsp3) is 0.518. The fourth-order valence-corrected chi connectivity index (χ4v) is 12.4. The van der Waals surface area contributed by atoms with Crippen molar-refractivity contribution in [3.63, 3.8) is 0 Å². The van der Waals surface area contributed by atoms with Crippen molar-refractivity contribution in [1.82, 2.24) is 35.6 Å². The van der Waals surface area contributed by atoms with Gasteiger partial charge in [-0.25, -0.2) is 14.8 Å². The van der Waals surface area contributed by atoms with E-state index in [0.29, 0.717) is 132 Å². The molecular weight excluding hydrogens is 1640 g/mol. The Balaban J connectivity index is 0.000000570. The second-order valence-electron chi connectivity index (χ2n) is 26.6. The molecule has 5 heterocycles. The molecular formula is C83H116LuN8O22-2. The van der Waals surface area contributed by atoms with Gasteiger partial charge in [-0.2, -0.15) is 0 Å². The van der Waals surface area contributed by atoms with Crippen molar-refractivity contribution in [3.8, 4) is 11.5 Å². The second kappa shape index (κ2) is 54.6. The third-order valence-corrected chi connectivity index (χ3v) is 18.0.